The molecule has 37 heteroatoms. The molecule has 0 bridgehead atoms. The predicted molar refractivity (Wildman–Crippen MR) is 449 cm³/mol. The van der Waals surface area contributed by atoms with Gasteiger partial charge in [-0.25, -0.2) is 39.9 Å². The molecule has 2 radical (unpaired) electrons. The van der Waals surface area contributed by atoms with E-state index >= 15 is 0 Å². The maximum atomic E-state index is 10.1. The Morgan fingerprint density at radius 3 is 0.970 bits per heavy atom. The molecule has 13 aromatic rings. The molecule has 4 heterocycles. The number of halogens is 13. The van der Waals surface area contributed by atoms with Crippen molar-refractivity contribution in [2.24, 2.45) is 8.60 Å². The Hall–Kier alpha value is -4.38. The van der Waals surface area contributed by atoms with Crippen LogP contribution in [0.1, 0.15) is 12.5 Å². The first-order chi connectivity index (χ1) is 47.2. The number of hydrogen-bond acceptors (Lipinski definition) is 21. The molecule has 0 unspecified atom stereocenters. The van der Waals surface area contributed by atoms with Crippen molar-refractivity contribution in [3.05, 3.63) is 169 Å². The van der Waals surface area contributed by atoms with Crippen molar-refractivity contribution in [2.75, 3.05) is 33.8 Å². The summed E-state index contributed by atoms with van der Waals surface area (Å²) in [5, 5.41) is 47.3. The third-order valence-electron chi connectivity index (χ3n) is 12.2. The second kappa shape index (κ2) is 44.3. The fourth-order valence-corrected chi connectivity index (χ4v) is 12.2. The van der Waals surface area contributed by atoms with Crippen LogP contribution in [-0.4, -0.2) is 113 Å². The van der Waals surface area contributed by atoms with E-state index < -0.39 is 0 Å². The standard InChI is InChI=1S/C14H10Br2N2O2.C14H12N2O2.C12H4Br4N2O2.C12H6Br2N2O2.C7H8.C2H3N.CH2Cl2.BBr3.2BHNS/c1-19-9-5-3-7(15)11-13(9)17-12-8(16)4-6-10(20-2)14(12)18-11;1-17-11-7-3-5-9-13(11)15-10-6-4-8-12(18-2)14(10)16-9;13-3-1-5(15)11(19)9-7(3)17-10-8(18-9)4(14)2-6(16)12(10)20;13-5-1-3-7(17)11-9(5)15-12-8(18)4-2-6(14)10(12)16-11;1-7-5-3-2-4-6-7;1-2-3;2-1-3;2-1(3)4;2*1-2-3/h3-6H,1-2H3;3-8H,1-2H3;1-2,19-20H;1-4,17-18H;2-6H,1H3;1H3;1H2;;2*3H. The van der Waals surface area contributed by atoms with Gasteiger partial charge in [0.15, 0.2) is 11.5 Å². The molecule has 0 saturated carbocycles. The van der Waals surface area contributed by atoms with E-state index in [1.165, 1.54) is 12.5 Å². The van der Waals surface area contributed by atoms with Crippen LogP contribution in [0.3, 0.4) is 0 Å². The van der Waals surface area contributed by atoms with Gasteiger partial charge in [0.1, 0.15) is 112 Å². The molecule has 510 valence electrons. The molecule has 0 atom stereocenters. The van der Waals surface area contributed by atoms with Crippen LogP contribution in [-0.2, 0) is 0 Å². The minimum absolute atomic E-state index is 0.00640. The molecule has 99 heavy (non-hydrogen) atoms. The van der Waals surface area contributed by atoms with Gasteiger partial charge in [0.2, 0.25) is 0 Å². The fourth-order valence-electron chi connectivity index (χ4n) is 8.15. The van der Waals surface area contributed by atoms with Gasteiger partial charge in [0, 0.05) is 33.8 Å². The monoisotopic (exact) mass is 2110 g/mol. The van der Waals surface area contributed by atoms with Gasteiger partial charge < -0.3 is 39.4 Å². The zero-order chi connectivity index (χ0) is 73.8. The molecular formula is C62H47B3Br11Cl2N11O8S2. The molecular weight excluding hydrogens is 2070 g/mol. The first kappa shape index (κ1) is 87.0. The summed E-state index contributed by atoms with van der Waals surface area (Å²) in [6, 6.07) is 40.7. The first-order valence-electron chi connectivity index (χ1n) is 27.0. The molecule has 0 saturated heterocycles. The van der Waals surface area contributed by atoms with Gasteiger partial charge in [0.25, 0.3) is 0 Å². The van der Waals surface area contributed by atoms with Crippen molar-refractivity contribution in [3.8, 4) is 52.1 Å². The maximum absolute atomic E-state index is 10.1. The molecule has 0 aliphatic carbocycles. The third kappa shape index (κ3) is 24.4. The van der Waals surface area contributed by atoms with E-state index in [-0.39, 0.29) is 31.5 Å². The summed E-state index contributed by atoms with van der Waals surface area (Å²) < 4.78 is 32.5. The molecule has 4 aromatic heterocycles. The van der Waals surface area contributed by atoms with Crippen molar-refractivity contribution in [2.45, 2.75) is 13.8 Å². The van der Waals surface area contributed by atoms with Gasteiger partial charge in [-0.2, -0.15) is 5.26 Å². The van der Waals surface area contributed by atoms with Gasteiger partial charge in [-0.3, -0.25) is 0 Å². The molecule has 4 N–H and O–H groups in total. The molecule has 0 aliphatic rings. The number of aromatic hydroxyl groups is 4. The summed E-state index contributed by atoms with van der Waals surface area (Å²) in [6.45, 7) is 3.51. The molecule has 0 fully saturated rings. The number of ether oxygens (including phenoxy) is 4. The number of rotatable bonds is 4. The number of nitriles is 1. The number of benzene rings is 9. The molecule has 0 amide bonds. The van der Waals surface area contributed by atoms with Crippen LogP contribution < -0.4 is 18.9 Å². The Balaban J connectivity index is 0.000000253. The molecule has 0 aliphatic heterocycles. The van der Waals surface area contributed by atoms with Crippen LogP contribution in [0.15, 0.2) is 172 Å². The topological polar surface area (TPSA) is 269 Å². The first-order valence-corrected chi connectivity index (χ1v) is 37.9. The van der Waals surface area contributed by atoms with Crippen molar-refractivity contribution < 1.29 is 39.4 Å². The summed E-state index contributed by atoms with van der Waals surface area (Å²) >= 11 is 52.2. The van der Waals surface area contributed by atoms with Crippen LogP contribution in [0.25, 0.3) is 88.3 Å². The number of aryl methyl sites for hydroxylation is 1. The Morgan fingerprint density at radius 1 is 0.414 bits per heavy atom. The number of methoxy groups -OCH3 is 4. The van der Waals surface area contributed by atoms with E-state index in [0.29, 0.717) is 93.5 Å². The molecule has 9 aromatic carbocycles. The Bertz CT molecular complexity index is 4670. The number of fused-ring (bicyclic) bond motifs is 8. The van der Waals surface area contributed by atoms with E-state index in [4.69, 9.17) is 47.4 Å². The van der Waals surface area contributed by atoms with E-state index in [2.05, 4.69) is 283 Å². The van der Waals surface area contributed by atoms with Gasteiger partial charge in [0.05, 0.1) is 59.8 Å². The van der Waals surface area contributed by atoms with E-state index in [1.54, 1.807) is 70.9 Å². The number of phenolic OH excluding ortho intramolecular Hbond substituents is 4. The van der Waals surface area contributed by atoms with Crippen molar-refractivity contribution in [1.29, 1.82) is 5.26 Å². The van der Waals surface area contributed by atoms with E-state index in [0.717, 1.165) is 53.5 Å². The average molecular weight is 2120 g/mol. The van der Waals surface area contributed by atoms with Crippen LogP contribution in [0.5, 0.6) is 46.0 Å². The van der Waals surface area contributed by atoms with Crippen molar-refractivity contribution in [3.63, 3.8) is 0 Å². The van der Waals surface area contributed by atoms with Crippen LogP contribution in [0.4, 0.5) is 0 Å². The number of aromatic nitrogens is 8. The van der Waals surface area contributed by atoms with Crippen LogP contribution >= 0.6 is 224 Å². The zero-order valence-electron chi connectivity index (χ0n) is 51.7. The van der Waals surface area contributed by atoms with Crippen LogP contribution in [0.2, 0.25) is 0 Å². The minimum atomic E-state index is 0.00640. The molecule has 19 nitrogen and oxygen atoms in total. The van der Waals surface area contributed by atoms with Crippen molar-refractivity contribution >= 4 is 330 Å². The fraction of sp³-hybridized carbons (Fsp3) is 0.113. The van der Waals surface area contributed by atoms with Gasteiger partial charge >= 0.3 is 52.7 Å². The third-order valence-corrected chi connectivity index (χ3v) is 17.2. The summed E-state index contributed by atoms with van der Waals surface area (Å²) in [7, 11) is 15.2. The summed E-state index contributed by atoms with van der Waals surface area (Å²) in [6.07, 6.45) is 0. The predicted octanol–water partition coefficient (Wildman–Crippen LogP) is 22.6. The summed E-state index contributed by atoms with van der Waals surface area (Å²) in [5.41, 5.74) is 10.8. The Morgan fingerprint density at radius 2 is 0.677 bits per heavy atom. The normalized spacial score (nSPS) is 9.92. The van der Waals surface area contributed by atoms with Crippen molar-refractivity contribution in [1.82, 2.24) is 39.9 Å². The molecule has 0 spiro atoms. The Labute approximate surface area is 683 Å². The second-order valence-electron chi connectivity index (χ2n) is 18.2. The SMILES string of the molecule is BrB(Br)Br.CC#N.COc1ccc(Br)c2nc3c(OC)ccc(Br)c3nc12.COc1cccc2nc3c(OC)cccc3nc12.Cc1ccccc1.ClCCl.Oc1c(Br)cc(Br)c2nc3c(O)c(Br)cc(Br)c3nc12.Oc1ccc(Br)c2nc3c(O)ccc(Br)c3nc12.[B]=NS.[B]=NS. The van der Waals surface area contributed by atoms with E-state index in [9.17, 15) is 20.4 Å². The van der Waals surface area contributed by atoms with Gasteiger partial charge in [-0.05, 0) is 219 Å². The van der Waals surface area contributed by atoms with Gasteiger partial charge in [-0.15, -0.1) is 70.5 Å². The van der Waals surface area contributed by atoms with Gasteiger partial charge in [-0.1, -0.05) is 48.0 Å². The number of nitrogens with zero attached hydrogens (tertiary/aromatic N) is 11. The number of hydrogen-bond donors (Lipinski definition) is 6. The van der Waals surface area contributed by atoms with Crippen LogP contribution in [0, 0.1) is 18.3 Å². The second-order valence-corrected chi connectivity index (χ2v) is 32.7. The number of alkyl halides is 2. The average Bonchev–Trinajstić information content (AvgIpc) is 0.782. The zero-order valence-corrected chi connectivity index (χ0v) is 72.5. The summed E-state index contributed by atoms with van der Waals surface area (Å²) in [4.78, 5) is 36.0. The number of phenols is 4. The number of thiol groups is 2. The van der Waals surface area contributed by atoms with E-state index in [1.807, 2.05) is 78.9 Å². The number of para-hydroxylation sites is 2. The molecule has 13 rings (SSSR count). The quantitative estimate of drug-likeness (QED) is 0.0414. The summed E-state index contributed by atoms with van der Waals surface area (Å²) in [5.74, 6) is 2.95. The Kier molecular flexibility index (Phi) is 39.0.